The van der Waals surface area contributed by atoms with Gasteiger partial charge in [-0.05, 0) is 66.1 Å². The molecular formula is C24H26FNO4. The number of methoxy groups -OCH3 is 1. The van der Waals surface area contributed by atoms with Crippen molar-refractivity contribution >= 4 is 10.9 Å². The predicted octanol–water partition coefficient (Wildman–Crippen LogP) is 4.51. The highest BCUT2D eigenvalue weighted by Crippen LogP contribution is 2.37. The minimum atomic E-state index is -0.651. The van der Waals surface area contributed by atoms with Crippen molar-refractivity contribution in [3.8, 4) is 5.75 Å². The van der Waals surface area contributed by atoms with Crippen molar-refractivity contribution < 1.29 is 18.6 Å². The van der Waals surface area contributed by atoms with E-state index >= 15 is 0 Å². The summed E-state index contributed by atoms with van der Waals surface area (Å²) in [4.78, 5) is 11.8. The summed E-state index contributed by atoms with van der Waals surface area (Å²) in [6.07, 6.45) is 1.47. The topological polar surface area (TPSA) is 49.7 Å². The lowest BCUT2D eigenvalue weighted by molar-refractivity contribution is -0.233. The van der Waals surface area contributed by atoms with Crippen LogP contribution in [0.15, 0.2) is 53.3 Å². The molecule has 0 radical (unpaired) electrons. The van der Waals surface area contributed by atoms with E-state index in [1.807, 2.05) is 31.2 Å². The number of nitrogens with zero attached hydrogens (tertiary/aromatic N) is 1. The first-order chi connectivity index (χ1) is 14.4. The number of hydrogen-bond donors (Lipinski definition) is 0. The molecule has 0 bridgehead atoms. The van der Waals surface area contributed by atoms with Gasteiger partial charge < -0.3 is 18.8 Å². The summed E-state index contributed by atoms with van der Waals surface area (Å²) in [5, 5.41) is 0.958. The van der Waals surface area contributed by atoms with Crippen LogP contribution in [0.4, 0.5) is 4.39 Å². The Balaban J connectivity index is 1.52. The van der Waals surface area contributed by atoms with Gasteiger partial charge in [0.1, 0.15) is 18.2 Å². The van der Waals surface area contributed by atoms with Crippen molar-refractivity contribution in [3.05, 3.63) is 75.8 Å². The Morgan fingerprint density at radius 3 is 2.83 bits per heavy atom. The Morgan fingerprint density at radius 2 is 2.03 bits per heavy atom. The monoisotopic (exact) mass is 411 g/mol. The van der Waals surface area contributed by atoms with Gasteiger partial charge in [0.25, 0.3) is 5.56 Å². The molecule has 158 valence electrons. The molecule has 3 aromatic rings. The van der Waals surface area contributed by atoms with E-state index < -0.39 is 5.79 Å². The molecule has 2 atom stereocenters. The minimum absolute atomic E-state index is 0.0449. The molecule has 1 saturated heterocycles. The number of aromatic nitrogens is 1. The van der Waals surface area contributed by atoms with E-state index in [1.54, 1.807) is 36.9 Å². The number of rotatable bonds is 5. The molecular weight excluding hydrogens is 385 g/mol. The van der Waals surface area contributed by atoms with Gasteiger partial charge in [-0.25, -0.2) is 4.39 Å². The summed E-state index contributed by atoms with van der Waals surface area (Å²) >= 11 is 0. The summed E-state index contributed by atoms with van der Waals surface area (Å²) in [5.41, 5.74) is 2.66. The third-order valence-corrected chi connectivity index (χ3v) is 5.88. The largest absolute Gasteiger partial charge is 0.489 e. The zero-order valence-corrected chi connectivity index (χ0v) is 17.5. The second kappa shape index (κ2) is 8.20. The van der Waals surface area contributed by atoms with Gasteiger partial charge in [-0.1, -0.05) is 6.07 Å². The molecule has 6 heteroatoms. The maximum atomic E-state index is 14.3. The molecule has 5 nitrogen and oxygen atoms in total. The van der Waals surface area contributed by atoms with Crippen molar-refractivity contribution in [2.45, 2.75) is 38.1 Å². The van der Waals surface area contributed by atoms with Crippen LogP contribution in [0, 0.1) is 5.82 Å². The van der Waals surface area contributed by atoms with Gasteiger partial charge in [-0.15, -0.1) is 0 Å². The zero-order valence-electron chi connectivity index (χ0n) is 17.5. The molecule has 1 aliphatic rings. The molecule has 1 aliphatic heterocycles. The molecule has 2 unspecified atom stereocenters. The van der Waals surface area contributed by atoms with Gasteiger partial charge in [0.05, 0.1) is 12.1 Å². The predicted molar refractivity (Wildman–Crippen MR) is 113 cm³/mol. The Hall–Kier alpha value is -2.70. The second-order valence-corrected chi connectivity index (χ2v) is 8.01. The average molecular weight is 411 g/mol. The molecule has 1 aromatic heterocycles. The van der Waals surface area contributed by atoms with E-state index in [2.05, 4.69) is 0 Å². The third kappa shape index (κ3) is 4.25. The molecule has 2 heterocycles. The molecule has 0 saturated carbocycles. The number of ether oxygens (including phenoxy) is 3. The fourth-order valence-corrected chi connectivity index (χ4v) is 4.05. The molecule has 0 N–H and O–H groups in total. The number of benzene rings is 2. The van der Waals surface area contributed by atoms with Gasteiger partial charge in [-0.2, -0.15) is 0 Å². The van der Waals surface area contributed by atoms with Crippen LogP contribution >= 0.6 is 0 Å². The Labute approximate surface area is 175 Å². The first kappa shape index (κ1) is 20.6. The maximum absolute atomic E-state index is 14.3. The number of halogens is 1. The second-order valence-electron chi connectivity index (χ2n) is 8.01. The quantitative estimate of drug-likeness (QED) is 0.620. The molecule has 0 aliphatic carbocycles. The third-order valence-electron chi connectivity index (χ3n) is 5.88. The summed E-state index contributed by atoms with van der Waals surface area (Å²) in [7, 11) is 3.38. The van der Waals surface area contributed by atoms with E-state index in [0.29, 0.717) is 25.4 Å². The molecule has 1 fully saturated rings. The van der Waals surface area contributed by atoms with Crippen LogP contribution in [0.2, 0.25) is 0 Å². The number of fused-ring (bicyclic) bond motifs is 1. The van der Waals surface area contributed by atoms with Crippen molar-refractivity contribution in [3.63, 3.8) is 0 Å². The lowest BCUT2D eigenvalue weighted by Gasteiger charge is -2.37. The average Bonchev–Trinajstić information content (AvgIpc) is 2.74. The maximum Gasteiger partial charge on any atom is 0.250 e. The van der Waals surface area contributed by atoms with Crippen LogP contribution in [-0.2, 0) is 23.1 Å². The highest BCUT2D eigenvalue weighted by atomic mass is 19.1. The summed E-state index contributed by atoms with van der Waals surface area (Å²) in [5.74, 6) is -0.331. The normalized spacial score (nSPS) is 21.7. The molecule has 30 heavy (non-hydrogen) atoms. The molecule has 0 amide bonds. The Bertz CT molecular complexity index is 1130. The fourth-order valence-electron chi connectivity index (χ4n) is 4.05. The minimum Gasteiger partial charge on any atom is -0.489 e. The van der Waals surface area contributed by atoms with Crippen molar-refractivity contribution in [2.75, 3.05) is 13.7 Å². The lowest BCUT2D eigenvalue weighted by atomic mass is 9.87. The van der Waals surface area contributed by atoms with Crippen LogP contribution in [0.5, 0.6) is 5.75 Å². The van der Waals surface area contributed by atoms with Crippen LogP contribution in [0.25, 0.3) is 10.9 Å². The smallest absolute Gasteiger partial charge is 0.250 e. The van der Waals surface area contributed by atoms with E-state index in [-0.39, 0.29) is 17.3 Å². The zero-order chi connectivity index (χ0) is 21.3. The number of aryl methyl sites for hydroxylation is 1. The summed E-state index contributed by atoms with van der Waals surface area (Å²) < 4.78 is 33.0. The fraction of sp³-hybridized carbons (Fsp3) is 0.375. The van der Waals surface area contributed by atoms with Crippen LogP contribution in [0.1, 0.15) is 36.8 Å². The van der Waals surface area contributed by atoms with Crippen molar-refractivity contribution in [2.24, 2.45) is 7.05 Å². The SMILES string of the molecule is COC1(C)CC(c2cc(F)cc(OCc3ccc4c(ccc(=O)n4C)c3)c2)CCO1. The van der Waals surface area contributed by atoms with Crippen LogP contribution in [-0.4, -0.2) is 24.1 Å². The molecule has 0 spiro atoms. The summed E-state index contributed by atoms with van der Waals surface area (Å²) in [6, 6.07) is 14.0. The highest BCUT2D eigenvalue weighted by Gasteiger charge is 2.34. The molecule has 2 aromatic carbocycles. The Kier molecular flexibility index (Phi) is 5.62. The van der Waals surface area contributed by atoms with Gasteiger partial charge in [0.2, 0.25) is 0 Å². The van der Waals surface area contributed by atoms with E-state index in [4.69, 9.17) is 14.2 Å². The van der Waals surface area contributed by atoms with E-state index in [1.165, 1.54) is 6.07 Å². The van der Waals surface area contributed by atoms with E-state index in [0.717, 1.165) is 28.5 Å². The first-order valence-corrected chi connectivity index (χ1v) is 10.1. The first-order valence-electron chi connectivity index (χ1n) is 10.1. The van der Waals surface area contributed by atoms with Gasteiger partial charge in [0, 0.05) is 32.7 Å². The van der Waals surface area contributed by atoms with Crippen LogP contribution < -0.4 is 10.3 Å². The number of hydrogen-bond acceptors (Lipinski definition) is 4. The van der Waals surface area contributed by atoms with Crippen LogP contribution in [0.3, 0.4) is 0 Å². The highest BCUT2D eigenvalue weighted by molar-refractivity contribution is 5.79. The lowest BCUT2D eigenvalue weighted by Crippen LogP contribution is -2.37. The summed E-state index contributed by atoms with van der Waals surface area (Å²) in [6.45, 7) is 2.79. The van der Waals surface area contributed by atoms with E-state index in [9.17, 15) is 9.18 Å². The standard InChI is InChI=1S/C24H26FNO4/c1-24(28-3)14-18(8-9-30-24)19-11-20(25)13-21(12-19)29-15-16-4-6-22-17(10-16)5-7-23(27)26(22)2/h4-7,10-13,18H,8-9,14-15H2,1-3H3. The number of pyridine rings is 1. The van der Waals surface area contributed by atoms with Gasteiger partial charge in [-0.3, -0.25) is 4.79 Å². The molecule has 4 rings (SSSR count). The van der Waals surface area contributed by atoms with Gasteiger partial charge >= 0.3 is 0 Å². The Morgan fingerprint density at radius 1 is 1.20 bits per heavy atom. The van der Waals surface area contributed by atoms with Gasteiger partial charge in [0.15, 0.2) is 5.79 Å². The van der Waals surface area contributed by atoms with Crippen molar-refractivity contribution in [1.29, 1.82) is 0 Å². The van der Waals surface area contributed by atoms with Crippen molar-refractivity contribution in [1.82, 2.24) is 4.57 Å².